The lowest BCUT2D eigenvalue weighted by molar-refractivity contribution is 0.107. The van der Waals surface area contributed by atoms with Gasteiger partial charge in [0.2, 0.25) is 0 Å². The Morgan fingerprint density at radius 3 is 2.89 bits per heavy atom. The smallest absolute Gasteiger partial charge is 0.138 e. The van der Waals surface area contributed by atoms with E-state index in [9.17, 15) is 5.11 Å². The van der Waals surface area contributed by atoms with Crippen LogP contribution in [0.1, 0.15) is 13.3 Å². The Morgan fingerprint density at radius 2 is 2.21 bits per heavy atom. The molecule has 0 bridgehead atoms. The summed E-state index contributed by atoms with van der Waals surface area (Å²) < 4.78 is 5.44. The van der Waals surface area contributed by atoms with Crippen LogP contribution in [0.4, 0.5) is 0 Å². The fraction of sp³-hybridized carbons (Fsp3) is 0.429. The van der Waals surface area contributed by atoms with Crippen molar-refractivity contribution < 1.29 is 9.84 Å². The largest absolute Gasteiger partial charge is 0.489 e. The highest BCUT2D eigenvalue weighted by Gasteiger charge is 2.07. The molecule has 0 spiro atoms. The molecule has 0 heterocycles. The van der Waals surface area contributed by atoms with Gasteiger partial charge in [0.1, 0.15) is 18.5 Å². The summed E-state index contributed by atoms with van der Waals surface area (Å²) in [6, 6.07) is 5.00. The topological polar surface area (TPSA) is 41.5 Å². The van der Waals surface area contributed by atoms with Gasteiger partial charge in [-0.05, 0) is 38.1 Å². The highest BCUT2D eigenvalue weighted by molar-refractivity contribution is 6.35. The monoisotopic (exact) mass is 303 g/mol. The quantitative estimate of drug-likeness (QED) is 0.572. The molecule has 0 saturated carbocycles. The van der Waals surface area contributed by atoms with Gasteiger partial charge in [0.15, 0.2) is 0 Å². The van der Waals surface area contributed by atoms with Gasteiger partial charge in [-0.2, -0.15) is 0 Å². The summed E-state index contributed by atoms with van der Waals surface area (Å²) in [6.07, 6.45) is 4.46. The summed E-state index contributed by atoms with van der Waals surface area (Å²) in [5.41, 5.74) is 0. The van der Waals surface area contributed by atoms with E-state index in [-0.39, 0.29) is 6.61 Å². The normalized spacial score (nSPS) is 12.8. The average Bonchev–Trinajstić information content (AvgIpc) is 2.37. The van der Waals surface area contributed by atoms with E-state index in [0.29, 0.717) is 22.3 Å². The van der Waals surface area contributed by atoms with E-state index < -0.39 is 6.10 Å². The molecule has 1 atom stereocenters. The van der Waals surface area contributed by atoms with Crippen LogP contribution in [0.25, 0.3) is 0 Å². The Morgan fingerprint density at radius 1 is 1.42 bits per heavy atom. The molecule has 0 aromatic heterocycles. The van der Waals surface area contributed by atoms with Crippen LogP contribution >= 0.6 is 23.2 Å². The summed E-state index contributed by atoms with van der Waals surface area (Å²) in [6.45, 7) is 3.50. The third kappa shape index (κ3) is 6.83. The lowest BCUT2D eigenvalue weighted by atomic mass is 10.3. The van der Waals surface area contributed by atoms with Crippen LogP contribution in [-0.2, 0) is 0 Å². The minimum absolute atomic E-state index is 0.192. The number of halogens is 2. The molecule has 0 radical (unpaired) electrons. The molecule has 1 rings (SSSR count). The van der Waals surface area contributed by atoms with Crippen molar-refractivity contribution >= 4 is 23.2 Å². The molecule has 0 aliphatic carbocycles. The molecule has 1 aromatic carbocycles. The van der Waals surface area contributed by atoms with Crippen LogP contribution in [0.15, 0.2) is 30.4 Å². The number of aliphatic hydroxyl groups excluding tert-OH is 1. The van der Waals surface area contributed by atoms with Crippen LogP contribution < -0.4 is 10.1 Å². The average molecular weight is 304 g/mol. The van der Waals surface area contributed by atoms with Crippen LogP contribution in [-0.4, -0.2) is 30.9 Å². The molecule has 2 N–H and O–H groups in total. The van der Waals surface area contributed by atoms with Gasteiger partial charge in [-0.25, -0.2) is 0 Å². The van der Waals surface area contributed by atoms with Crippen molar-refractivity contribution in [3.8, 4) is 5.75 Å². The molecule has 0 fully saturated rings. The Kier molecular flexibility index (Phi) is 7.91. The first-order valence-corrected chi connectivity index (χ1v) is 6.97. The Balaban J connectivity index is 2.24. The van der Waals surface area contributed by atoms with E-state index in [1.807, 2.05) is 13.0 Å². The molecule has 1 unspecified atom stereocenters. The van der Waals surface area contributed by atoms with Gasteiger partial charge in [0.25, 0.3) is 0 Å². The number of aliphatic hydroxyl groups is 1. The highest BCUT2D eigenvalue weighted by atomic mass is 35.5. The van der Waals surface area contributed by atoms with Gasteiger partial charge in [-0.15, -0.1) is 0 Å². The number of nitrogens with one attached hydrogen (secondary N) is 1. The van der Waals surface area contributed by atoms with Crippen molar-refractivity contribution in [1.29, 1.82) is 0 Å². The molecule has 0 aliphatic rings. The van der Waals surface area contributed by atoms with Crippen molar-refractivity contribution in [2.75, 3.05) is 19.7 Å². The Labute approximate surface area is 124 Å². The molecule has 5 heteroatoms. The lowest BCUT2D eigenvalue weighted by Crippen LogP contribution is -2.31. The van der Waals surface area contributed by atoms with Crippen LogP contribution in [0.3, 0.4) is 0 Å². The van der Waals surface area contributed by atoms with Gasteiger partial charge in [0, 0.05) is 11.6 Å². The fourth-order valence-corrected chi connectivity index (χ4v) is 1.92. The van der Waals surface area contributed by atoms with Crippen molar-refractivity contribution in [3.05, 3.63) is 40.4 Å². The second-order valence-corrected chi connectivity index (χ2v) is 4.95. The number of hydrogen-bond donors (Lipinski definition) is 2. The third-order valence-electron chi connectivity index (χ3n) is 2.43. The van der Waals surface area contributed by atoms with Crippen LogP contribution in [0.5, 0.6) is 5.75 Å². The van der Waals surface area contributed by atoms with Crippen LogP contribution in [0.2, 0.25) is 10.0 Å². The molecular weight excluding hydrogens is 285 g/mol. The van der Waals surface area contributed by atoms with Gasteiger partial charge in [0.05, 0.1) is 5.02 Å². The predicted molar refractivity (Wildman–Crippen MR) is 80.3 cm³/mol. The fourth-order valence-electron chi connectivity index (χ4n) is 1.46. The Hall–Kier alpha value is -0.740. The minimum atomic E-state index is -0.572. The maximum Gasteiger partial charge on any atom is 0.138 e. The van der Waals surface area contributed by atoms with Gasteiger partial charge in [-0.1, -0.05) is 35.4 Å². The minimum Gasteiger partial charge on any atom is -0.489 e. The first kappa shape index (κ1) is 16.3. The Bertz CT molecular complexity index is 410. The number of ether oxygens (including phenoxy) is 1. The SMILES string of the molecule is C/C=C/CCNCC(O)COc1ccc(Cl)cc1Cl. The summed E-state index contributed by atoms with van der Waals surface area (Å²) in [4.78, 5) is 0. The van der Waals surface area contributed by atoms with Crippen LogP contribution in [0, 0.1) is 0 Å². The summed E-state index contributed by atoms with van der Waals surface area (Å²) >= 11 is 11.7. The van der Waals surface area contributed by atoms with Crippen molar-refractivity contribution in [3.63, 3.8) is 0 Å². The molecule has 0 amide bonds. The molecule has 3 nitrogen and oxygen atoms in total. The molecule has 0 saturated heterocycles. The van der Waals surface area contributed by atoms with Gasteiger partial charge in [-0.3, -0.25) is 0 Å². The zero-order valence-corrected chi connectivity index (χ0v) is 12.4. The molecule has 0 aliphatic heterocycles. The number of rotatable bonds is 8. The zero-order chi connectivity index (χ0) is 14.1. The second-order valence-electron chi connectivity index (χ2n) is 4.10. The van der Waals surface area contributed by atoms with E-state index in [1.54, 1.807) is 18.2 Å². The second kappa shape index (κ2) is 9.21. The van der Waals surface area contributed by atoms with E-state index in [2.05, 4.69) is 11.4 Å². The summed E-state index contributed by atoms with van der Waals surface area (Å²) in [5, 5.41) is 13.9. The third-order valence-corrected chi connectivity index (χ3v) is 2.96. The highest BCUT2D eigenvalue weighted by Crippen LogP contribution is 2.27. The molecule has 19 heavy (non-hydrogen) atoms. The van der Waals surface area contributed by atoms with Crippen molar-refractivity contribution in [2.45, 2.75) is 19.4 Å². The maximum atomic E-state index is 9.74. The maximum absolute atomic E-state index is 9.74. The van der Waals surface area contributed by atoms with Crippen molar-refractivity contribution in [2.24, 2.45) is 0 Å². The predicted octanol–water partition coefficient (Wildman–Crippen LogP) is 3.29. The van der Waals surface area contributed by atoms with Gasteiger partial charge < -0.3 is 15.2 Å². The lowest BCUT2D eigenvalue weighted by Gasteiger charge is -2.13. The zero-order valence-electron chi connectivity index (χ0n) is 10.9. The first-order chi connectivity index (χ1) is 9.13. The molecule has 106 valence electrons. The number of allylic oxidation sites excluding steroid dienone is 1. The van der Waals surface area contributed by atoms with Gasteiger partial charge >= 0.3 is 0 Å². The summed E-state index contributed by atoms with van der Waals surface area (Å²) in [5.74, 6) is 0.527. The number of benzene rings is 1. The van der Waals surface area contributed by atoms with E-state index in [4.69, 9.17) is 27.9 Å². The molecule has 1 aromatic rings. The summed E-state index contributed by atoms with van der Waals surface area (Å²) in [7, 11) is 0. The standard InChI is InChI=1S/C14H19Cl2NO2/c1-2-3-4-7-17-9-12(18)10-19-14-6-5-11(15)8-13(14)16/h2-3,5-6,8,12,17-18H,4,7,9-10H2,1H3/b3-2+. The van der Waals surface area contributed by atoms with Crippen molar-refractivity contribution in [1.82, 2.24) is 5.32 Å². The number of hydrogen-bond acceptors (Lipinski definition) is 3. The molecular formula is C14H19Cl2NO2. The van der Waals surface area contributed by atoms with E-state index in [0.717, 1.165) is 13.0 Å². The first-order valence-electron chi connectivity index (χ1n) is 6.21. The van der Waals surface area contributed by atoms with E-state index >= 15 is 0 Å². The van der Waals surface area contributed by atoms with E-state index in [1.165, 1.54) is 0 Å².